The maximum atomic E-state index is 13.0. The number of halogens is 2. The molecule has 2 N–H and O–H groups in total. The molecule has 2 rings (SSSR count). The fraction of sp³-hybridized carbons (Fsp3) is 0.455. The second kappa shape index (κ2) is 3.21. The van der Waals surface area contributed by atoms with Crippen LogP contribution in [0.1, 0.15) is 37.1 Å². The lowest BCUT2D eigenvalue weighted by Crippen LogP contribution is -2.19. The Hall–Kier alpha value is -0.600. The lowest BCUT2D eigenvalue weighted by molar-refractivity contribution is 0.374. The van der Waals surface area contributed by atoms with Gasteiger partial charge in [-0.2, -0.15) is 0 Å². The number of rotatable bonds is 2. The summed E-state index contributed by atoms with van der Waals surface area (Å²) in [6, 6.07) is 5.29. The van der Waals surface area contributed by atoms with E-state index in [1.54, 1.807) is 12.1 Å². The Balaban J connectivity index is 2.37. The third kappa shape index (κ3) is 1.64. The summed E-state index contributed by atoms with van der Waals surface area (Å²) in [5.41, 5.74) is 7.34. The summed E-state index contributed by atoms with van der Waals surface area (Å²) in [4.78, 5) is 0. The van der Waals surface area contributed by atoms with Gasteiger partial charge in [0.1, 0.15) is 6.17 Å². The van der Waals surface area contributed by atoms with E-state index >= 15 is 0 Å². The Morgan fingerprint density at radius 3 is 2.57 bits per heavy atom. The van der Waals surface area contributed by atoms with Crippen molar-refractivity contribution >= 4 is 11.6 Å². The highest BCUT2D eigenvalue weighted by molar-refractivity contribution is 6.31. The van der Waals surface area contributed by atoms with Crippen molar-refractivity contribution < 1.29 is 4.39 Å². The van der Waals surface area contributed by atoms with Crippen LogP contribution in [-0.2, 0) is 5.54 Å². The Labute approximate surface area is 88.1 Å². The van der Waals surface area contributed by atoms with Gasteiger partial charge in [-0.15, -0.1) is 0 Å². The zero-order valence-electron chi connectivity index (χ0n) is 8.06. The van der Waals surface area contributed by atoms with E-state index in [1.165, 1.54) is 6.92 Å². The highest BCUT2D eigenvalue weighted by Crippen LogP contribution is 2.45. The summed E-state index contributed by atoms with van der Waals surface area (Å²) >= 11 is 6.05. The molecule has 0 aliphatic heterocycles. The minimum atomic E-state index is -0.977. The van der Waals surface area contributed by atoms with Crippen LogP contribution in [0.25, 0.3) is 0 Å². The second-order valence-electron chi connectivity index (χ2n) is 4.01. The molecule has 0 radical (unpaired) electrons. The average molecular weight is 214 g/mol. The van der Waals surface area contributed by atoms with Gasteiger partial charge in [0.2, 0.25) is 0 Å². The third-order valence-electron chi connectivity index (χ3n) is 2.78. The van der Waals surface area contributed by atoms with Gasteiger partial charge in [-0.1, -0.05) is 23.7 Å². The predicted molar refractivity (Wildman–Crippen MR) is 56.1 cm³/mol. The lowest BCUT2D eigenvalue weighted by Gasteiger charge is -2.13. The van der Waals surface area contributed by atoms with Crippen molar-refractivity contribution in [1.82, 2.24) is 0 Å². The Morgan fingerprint density at radius 2 is 2.14 bits per heavy atom. The first-order valence-corrected chi connectivity index (χ1v) is 5.14. The van der Waals surface area contributed by atoms with E-state index in [-0.39, 0.29) is 5.54 Å². The Morgan fingerprint density at radius 1 is 1.50 bits per heavy atom. The van der Waals surface area contributed by atoms with E-state index in [4.69, 9.17) is 17.3 Å². The fourth-order valence-corrected chi connectivity index (χ4v) is 1.96. The van der Waals surface area contributed by atoms with Crippen LogP contribution in [0.15, 0.2) is 18.2 Å². The van der Waals surface area contributed by atoms with Crippen molar-refractivity contribution in [3.05, 3.63) is 34.3 Å². The fourth-order valence-electron chi connectivity index (χ4n) is 1.59. The van der Waals surface area contributed by atoms with E-state index in [1.807, 2.05) is 6.07 Å². The van der Waals surface area contributed by atoms with Crippen molar-refractivity contribution in [2.75, 3.05) is 0 Å². The summed E-state index contributed by atoms with van der Waals surface area (Å²) in [7, 11) is 0. The summed E-state index contributed by atoms with van der Waals surface area (Å²) in [5, 5.41) is 0.590. The quantitative estimate of drug-likeness (QED) is 0.802. The van der Waals surface area contributed by atoms with E-state index in [0.29, 0.717) is 10.6 Å². The first kappa shape index (κ1) is 9.94. The van der Waals surface area contributed by atoms with Crippen LogP contribution >= 0.6 is 11.6 Å². The van der Waals surface area contributed by atoms with Gasteiger partial charge < -0.3 is 5.73 Å². The monoisotopic (exact) mass is 213 g/mol. The van der Waals surface area contributed by atoms with E-state index < -0.39 is 6.17 Å². The molecule has 1 fully saturated rings. The number of hydrogen-bond acceptors (Lipinski definition) is 1. The molecule has 0 heterocycles. The van der Waals surface area contributed by atoms with Crippen LogP contribution in [0, 0.1) is 0 Å². The molecule has 1 aliphatic carbocycles. The topological polar surface area (TPSA) is 26.0 Å². The molecule has 1 aromatic carbocycles. The van der Waals surface area contributed by atoms with Crippen LogP contribution in [0.2, 0.25) is 5.02 Å². The zero-order valence-corrected chi connectivity index (χ0v) is 8.81. The largest absolute Gasteiger partial charge is 0.321 e. The molecule has 0 bridgehead atoms. The molecule has 1 saturated carbocycles. The number of benzene rings is 1. The van der Waals surface area contributed by atoms with Crippen LogP contribution in [0.3, 0.4) is 0 Å². The summed E-state index contributed by atoms with van der Waals surface area (Å²) in [6.07, 6.45) is 0.962. The van der Waals surface area contributed by atoms with Gasteiger partial charge in [0.15, 0.2) is 0 Å². The molecule has 1 aliphatic rings. The lowest BCUT2D eigenvalue weighted by atomic mass is 10.0. The molecule has 0 amide bonds. The number of nitrogens with two attached hydrogens (primary N) is 1. The molecule has 0 saturated heterocycles. The third-order valence-corrected chi connectivity index (χ3v) is 3.09. The van der Waals surface area contributed by atoms with E-state index in [9.17, 15) is 4.39 Å². The first-order valence-electron chi connectivity index (χ1n) is 4.76. The Kier molecular flexibility index (Phi) is 2.28. The maximum absolute atomic E-state index is 13.0. The van der Waals surface area contributed by atoms with Gasteiger partial charge in [0, 0.05) is 10.6 Å². The number of alkyl halides is 1. The van der Waals surface area contributed by atoms with Crippen molar-refractivity contribution in [1.29, 1.82) is 0 Å². The van der Waals surface area contributed by atoms with Gasteiger partial charge >= 0.3 is 0 Å². The molecule has 0 aromatic heterocycles. The molecular weight excluding hydrogens is 201 g/mol. The normalized spacial score (nSPS) is 20.6. The van der Waals surface area contributed by atoms with Gasteiger partial charge in [-0.3, -0.25) is 0 Å². The van der Waals surface area contributed by atoms with E-state index in [0.717, 1.165) is 18.4 Å². The van der Waals surface area contributed by atoms with Crippen molar-refractivity contribution in [2.24, 2.45) is 5.73 Å². The van der Waals surface area contributed by atoms with Gasteiger partial charge in [-0.25, -0.2) is 4.39 Å². The van der Waals surface area contributed by atoms with Gasteiger partial charge in [-0.05, 0) is 37.0 Å². The van der Waals surface area contributed by atoms with Crippen LogP contribution in [0.5, 0.6) is 0 Å². The molecule has 1 aromatic rings. The average Bonchev–Trinajstić information content (AvgIpc) is 2.84. The molecule has 0 spiro atoms. The molecule has 3 heteroatoms. The van der Waals surface area contributed by atoms with E-state index in [2.05, 4.69) is 0 Å². The summed E-state index contributed by atoms with van der Waals surface area (Å²) in [6.45, 7) is 1.50. The molecule has 1 atom stereocenters. The first-order chi connectivity index (χ1) is 6.53. The zero-order chi connectivity index (χ0) is 10.3. The van der Waals surface area contributed by atoms with Crippen LogP contribution in [0.4, 0.5) is 4.39 Å². The SMILES string of the molecule is CC(F)c1ccc(C2(N)CC2)c(Cl)c1. The van der Waals surface area contributed by atoms with Crippen molar-refractivity contribution in [3.63, 3.8) is 0 Å². The highest BCUT2D eigenvalue weighted by atomic mass is 35.5. The number of hydrogen-bond donors (Lipinski definition) is 1. The van der Waals surface area contributed by atoms with Gasteiger partial charge in [0.25, 0.3) is 0 Å². The van der Waals surface area contributed by atoms with Crippen LogP contribution < -0.4 is 5.73 Å². The molecule has 1 unspecified atom stereocenters. The van der Waals surface area contributed by atoms with Crippen LogP contribution in [-0.4, -0.2) is 0 Å². The minimum absolute atomic E-state index is 0.241. The Bertz CT molecular complexity index is 358. The smallest absolute Gasteiger partial charge is 0.122 e. The summed E-state index contributed by atoms with van der Waals surface area (Å²) < 4.78 is 13.0. The maximum Gasteiger partial charge on any atom is 0.122 e. The predicted octanol–water partition coefficient (Wildman–Crippen LogP) is 3.32. The molecular formula is C11H13ClFN. The second-order valence-corrected chi connectivity index (χ2v) is 4.42. The molecule has 1 nitrogen and oxygen atoms in total. The molecule has 76 valence electrons. The van der Waals surface area contributed by atoms with Crippen molar-refractivity contribution in [3.8, 4) is 0 Å². The highest BCUT2D eigenvalue weighted by Gasteiger charge is 2.41. The minimum Gasteiger partial charge on any atom is -0.321 e. The van der Waals surface area contributed by atoms with Gasteiger partial charge in [0.05, 0.1) is 0 Å². The standard InChI is InChI=1S/C11H13ClFN/c1-7(13)8-2-3-9(10(12)6-8)11(14)4-5-11/h2-3,6-7H,4-5,14H2,1H3. The van der Waals surface area contributed by atoms with Crippen molar-refractivity contribution in [2.45, 2.75) is 31.5 Å². The summed E-state index contributed by atoms with van der Waals surface area (Å²) in [5.74, 6) is 0. The molecule has 14 heavy (non-hydrogen) atoms.